The summed E-state index contributed by atoms with van der Waals surface area (Å²) in [7, 11) is 1.79. The first kappa shape index (κ1) is 20.0. The van der Waals surface area contributed by atoms with Crippen LogP contribution in [0.25, 0.3) is 10.9 Å². The van der Waals surface area contributed by atoms with Gasteiger partial charge in [0.1, 0.15) is 0 Å². The Hall–Kier alpha value is -1.76. The number of fused-ring (bicyclic) bond motifs is 1. The molecule has 0 amide bonds. The molecule has 2 heterocycles. The third-order valence-corrected chi connectivity index (χ3v) is 4.96. The van der Waals surface area contributed by atoms with Gasteiger partial charge in [-0.3, -0.25) is 4.99 Å². The molecule has 0 saturated carbocycles. The predicted octanol–water partition coefficient (Wildman–Crippen LogP) is 3.11. The van der Waals surface area contributed by atoms with Crippen molar-refractivity contribution in [3.8, 4) is 0 Å². The van der Waals surface area contributed by atoms with Gasteiger partial charge < -0.3 is 25.1 Å². The molecule has 1 atom stereocenters. The molecule has 1 fully saturated rings. The highest BCUT2D eigenvalue weighted by atomic mass is 35.5. The van der Waals surface area contributed by atoms with Crippen LogP contribution in [0.5, 0.6) is 0 Å². The highest BCUT2D eigenvalue weighted by molar-refractivity contribution is 6.31. The van der Waals surface area contributed by atoms with Crippen molar-refractivity contribution in [2.45, 2.75) is 31.8 Å². The van der Waals surface area contributed by atoms with Gasteiger partial charge in [0.25, 0.3) is 0 Å². The molecule has 0 radical (unpaired) electrons. The van der Waals surface area contributed by atoms with Crippen molar-refractivity contribution in [1.82, 2.24) is 15.6 Å². The monoisotopic (exact) mass is 392 g/mol. The smallest absolute Gasteiger partial charge is 0.190 e. The molecule has 1 aromatic heterocycles. The lowest BCUT2D eigenvalue weighted by Crippen LogP contribution is -2.39. The van der Waals surface area contributed by atoms with E-state index in [0.29, 0.717) is 12.7 Å². The molecular weight excluding hydrogens is 364 g/mol. The largest absolute Gasteiger partial charge is 0.379 e. The van der Waals surface area contributed by atoms with Gasteiger partial charge in [-0.05, 0) is 49.4 Å². The molecular formula is C20H29ClN4O2. The van der Waals surface area contributed by atoms with E-state index in [1.807, 2.05) is 24.4 Å². The quantitative estimate of drug-likeness (QED) is 0.348. The second-order valence-corrected chi connectivity index (χ2v) is 7.18. The van der Waals surface area contributed by atoms with Gasteiger partial charge in [-0.15, -0.1) is 0 Å². The fourth-order valence-corrected chi connectivity index (χ4v) is 3.44. The Bertz CT molecular complexity index is 741. The summed E-state index contributed by atoms with van der Waals surface area (Å²) in [5, 5.41) is 8.61. The van der Waals surface area contributed by atoms with E-state index in [-0.39, 0.29) is 0 Å². The van der Waals surface area contributed by atoms with E-state index in [9.17, 15) is 0 Å². The van der Waals surface area contributed by atoms with Gasteiger partial charge in [0.05, 0.1) is 12.7 Å². The van der Waals surface area contributed by atoms with Gasteiger partial charge >= 0.3 is 0 Å². The first-order valence-electron chi connectivity index (χ1n) is 9.65. The van der Waals surface area contributed by atoms with Crippen LogP contribution < -0.4 is 10.6 Å². The zero-order valence-corrected chi connectivity index (χ0v) is 16.6. The molecule has 27 heavy (non-hydrogen) atoms. The molecule has 7 heteroatoms. The normalized spacial score (nSPS) is 17.6. The van der Waals surface area contributed by atoms with Crippen molar-refractivity contribution >= 4 is 28.5 Å². The summed E-state index contributed by atoms with van der Waals surface area (Å²) >= 11 is 6.11. The van der Waals surface area contributed by atoms with E-state index in [1.165, 1.54) is 10.9 Å². The topological polar surface area (TPSA) is 70.7 Å². The molecule has 0 spiro atoms. The molecule has 6 nitrogen and oxygen atoms in total. The summed E-state index contributed by atoms with van der Waals surface area (Å²) in [5.41, 5.74) is 2.36. The molecule has 1 saturated heterocycles. The van der Waals surface area contributed by atoms with Crippen LogP contribution >= 0.6 is 11.6 Å². The first-order chi connectivity index (χ1) is 13.3. The summed E-state index contributed by atoms with van der Waals surface area (Å²) in [4.78, 5) is 7.56. The SMILES string of the molecule is CN=C(NCCCOCC1CCCO1)NCCc1c[nH]c2ccc(Cl)cc12. The van der Waals surface area contributed by atoms with Crippen molar-refractivity contribution in [1.29, 1.82) is 0 Å². The number of nitrogens with one attached hydrogen (secondary N) is 3. The van der Waals surface area contributed by atoms with Crippen molar-refractivity contribution in [2.24, 2.45) is 4.99 Å². The number of guanidine groups is 1. The number of hydrogen-bond acceptors (Lipinski definition) is 3. The fourth-order valence-electron chi connectivity index (χ4n) is 3.27. The lowest BCUT2D eigenvalue weighted by molar-refractivity contribution is 0.0168. The number of H-pyrrole nitrogens is 1. The van der Waals surface area contributed by atoms with Gasteiger partial charge in [0.15, 0.2) is 5.96 Å². The number of aliphatic imine (C=N–C) groups is 1. The Morgan fingerprint density at radius 2 is 2.26 bits per heavy atom. The highest BCUT2D eigenvalue weighted by Gasteiger charge is 2.14. The van der Waals surface area contributed by atoms with Crippen LogP contribution in [0.15, 0.2) is 29.4 Å². The van der Waals surface area contributed by atoms with Crippen LogP contribution in [0.3, 0.4) is 0 Å². The highest BCUT2D eigenvalue weighted by Crippen LogP contribution is 2.22. The fraction of sp³-hybridized carbons (Fsp3) is 0.550. The Morgan fingerprint density at radius 3 is 3.07 bits per heavy atom. The van der Waals surface area contributed by atoms with Crippen LogP contribution in [0.1, 0.15) is 24.8 Å². The number of benzene rings is 1. The van der Waals surface area contributed by atoms with Gasteiger partial charge in [0, 0.05) is 55.5 Å². The van der Waals surface area contributed by atoms with Crippen molar-refractivity contribution < 1.29 is 9.47 Å². The predicted molar refractivity (Wildman–Crippen MR) is 111 cm³/mol. The molecule has 3 N–H and O–H groups in total. The number of halogens is 1. The summed E-state index contributed by atoms with van der Waals surface area (Å²) in [6, 6.07) is 5.92. The maximum Gasteiger partial charge on any atom is 0.190 e. The Kier molecular flexibility index (Phi) is 7.80. The van der Waals surface area contributed by atoms with Gasteiger partial charge in [-0.25, -0.2) is 0 Å². The lowest BCUT2D eigenvalue weighted by Gasteiger charge is -2.13. The van der Waals surface area contributed by atoms with E-state index >= 15 is 0 Å². The zero-order chi connectivity index (χ0) is 18.9. The van der Waals surface area contributed by atoms with Crippen LogP contribution in [0.2, 0.25) is 5.02 Å². The molecule has 1 aliphatic heterocycles. The van der Waals surface area contributed by atoms with Crippen LogP contribution in [-0.2, 0) is 15.9 Å². The second kappa shape index (κ2) is 10.5. The minimum absolute atomic E-state index is 0.298. The van der Waals surface area contributed by atoms with Crippen molar-refractivity contribution in [3.63, 3.8) is 0 Å². The maximum atomic E-state index is 6.11. The van der Waals surface area contributed by atoms with E-state index in [1.54, 1.807) is 7.05 Å². The average molecular weight is 393 g/mol. The standard InChI is InChI=1S/C20H29ClN4O2/c1-22-20(23-8-3-10-26-14-17-4-2-11-27-17)24-9-7-15-13-25-19-6-5-16(21)12-18(15)19/h5-6,12-13,17,25H,2-4,7-11,14H2,1H3,(H2,22,23,24). The molecule has 1 aromatic carbocycles. The molecule has 2 aromatic rings. The number of nitrogens with zero attached hydrogens (tertiary/aromatic N) is 1. The van der Waals surface area contributed by atoms with Crippen LogP contribution in [0.4, 0.5) is 0 Å². The molecule has 0 aliphatic carbocycles. The average Bonchev–Trinajstić information content (AvgIpc) is 3.33. The third-order valence-electron chi connectivity index (χ3n) is 4.73. The summed E-state index contributed by atoms with van der Waals surface area (Å²) < 4.78 is 11.2. The van der Waals surface area contributed by atoms with Gasteiger partial charge in [-0.2, -0.15) is 0 Å². The van der Waals surface area contributed by atoms with Gasteiger partial charge in [0.2, 0.25) is 0 Å². The molecule has 3 rings (SSSR count). The second-order valence-electron chi connectivity index (χ2n) is 6.74. The minimum atomic E-state index is 0.298. The number of hydrogen-bond donors (Lipinski definition) is 3. The minimum Gasteiger partial charge on any atom is -0.379 e. The molecule has 148 valence electrons. The summed E-state index contributed by atoms with van der Waals surface area (Å²) in [6.45, 7) is 3.95. The molecule has 1 unspecified atom stereocenters. The molecule has 1 aliphatic rings. The lowest BCUT2D eigenvalue weighted by atomic mass is 10.1. The van der Waals surface area contributed by atoms with Crippen LogP contribution in [0, 0.1) is 0 Å². The van der Waals surface area contributed by atoms with E-state index in [0.717, 1.165) is 68.5 Å². The van der Waals surface area contributed by atoms with Crippen molar-refractivity contribution in [2.75, 3.05) is 40.0 Å². The van der Waals surface area contributed by atoms with E-state index < -0.39 is 0 Å². The number of rotatable bonds is 9. The Balaban J connectivity index is 1.31. The number of aromatic nitrogens is 1. The zero-order valence-electron chi connectivity index (χ0n) is 15.9. The molecule has 0 bridgehead atoms. The Labute approximate surface area is 165 Å². The summed E-state index contributed by atoms with van der Waals surface area (Å²) in [5.74, 6) is 0.812. The van der Waals surface area contributed by atoms with Crippen molar-refractivity contribution in [3.05, 3.63) is 35.0 Å². The number of ether oxygens (including phenoxy) is 2. The number of aromatic amines is 1. The van der Waals surface area contributed by atoms with Gasteiger partial charge in [-0.1, -0.05) is 11.6 Å². The van der Waals surface area contributed by atoms with Crippen LogP contribution in [-0.4, -0.2) is 57.0 Å². The third kappa shape index (κ3) is 6.13. The maximum absolute atomic E-state index is 6.11. The summed E-state index contributed by atoms with van der Waals surface area (Å²) in [6.07, 6.45) is 6.46. The van der Waals surface area contributed by atoms with E-state index in [4.69, 9.17) is 21.1 Å². The first-order valence-corrected chi connectivity index (χ1v) is 10.0. The Morgan fingerprint density at radius 1 is 1.37 bits per heavy atom. The van der Waals surface area contributed by atoms with E-state index in [2.05, 4.69) is 20.6 Å².